The highest BCUT2D eigenvalue weighted by molar-refractivity contribution is 7.21. The van der Waals surface area contributed by atoms with Crippen molar-refractivity contribution in [1.82, 2.24) is 24.5 Å². The number of nitrogens with zero attached hydrogens (tertiary/aromatic N) is 5. The number of halogens is 7. The topological polar surface area (TPSA) is 121 Å². The van der Waals surface area contributed by atoms with Gasteiger partial charge in [-0.25, -0.2) is 36.0 Å². The van der Waals surface area contributed by atoms with Crippen LogP contribution in [0.2, 0.25) is 5.02 Å². The molecule has 0 saturated heterocycles. The van der Waals surface area contributed by atoms with Crippen molar-refractivity contribution >= 4 is 50.7 Å². The van der Waals surface area contributed by atoms with Gasteiger partial charge in [0.1, 0.15) is 32.8 Å². The first kappa shape index (κ1) is 29.3. The zero-order valence-corrected chi connectivity index (χ0v) is 22.4. The molecule has 0 spiro atoms. The van der Waals surface area contributed by atoms with E-state index < -0.39 is 59.2 Å². The molecule has 0 aliphatic rings. The Hall–Kier alpha value is -3.66. The van der Waals surface area contributed by atoms with E-state index in [9.17, 15) is 35.9 Å². The number of amides is 2. The van der Waals surface area contributed by atoms with Crippen molar-refractivity contribution in [2.75, 3.05) is 5.32 Å². The van der Waals surface area contributed by atoms with Crippen LogP contribution in [0.15, 0.2) is 12.3 Å². The molecule has 3 N–H and O–H groups in total. The first-order valence-electron chi connectivity index (χ1n) is 11.5. The summed E-state index contributed by atoms with van der Waals surface area (Å²) in [5.41, 5.74) is 3.58. The molecule has 0 aliphatic heterocycles. The molecule has 1 atom stereocenters. The van der Waals surface area contributed by atoms with E-state index in [1.165, 1.54) is 6.20 Å². The summed E-state index contributed by atoms with van der Waals surface area (Å²) in [7, 11) is 0. The van der Waals surface area contributed by atoms with Crippen LogP contribution in [0.1, 0.15) is 71.6 Å². The molecule has 214 valence electrons. The number of carbonyl (C=O) groups is 2. The van der Waals surface area contributed by atoms with E-state index in [0.717, 1.165) is 13.0 Å². The van der Waals surface area contributed by atoms with Crippen molar-refractivity contribution in [2.45, 2.75) is 52.6 Å². The number of anilines is 1. The van der Waals surface area contributed by atoms with Crippen molar-refractivity contribution < 1.29 is 35.9 Å². The highest BCUT2D eigenvalue weighted by Gasteiger charge is 2.33. The highest BCUT2D eigenvalue weighted by Crippen LogP contribution is 2.44. The Morgan fingerprint density at radius 1 is 1.12 bits per heavy atom. The normalized spacial score (nSPS) is 12.7. The second-order valence-corrected chi connectivity index (χ2v) is 9.88. The molecule has 4 rings (SSSR count). The van der Waals surface area contributed by atoms with Crippen LogP contribution in [-0.2, 0) is 11.3 Å². The van der Waals surface area contributed by atoms with E-state index in [-0.39, 0.29) is 26.3 Å². The molecule has 0 radical (unpaired) electrons. The third-order valence-electron chi connectivity index (χ3n) is 6.14. The summed E-state index contributed by atoms with van der Waals surface area (Å²) in [6, 6.07) is -0.545. The average molecular weight is 608 g/mol. The van der Waals surface area contributed by atoms with Gasteiger partial charge >= 0.3 is 0 Å². The van der Waals surface area contributed by atoms with Gasteiger partial charge in [-0.2, -0.15) is 10.2 Å². The Kier molecular flexibility index (Phi) is 8.12. The maximum atomic E-state index is 13.8. The van der Waals surface area contributed by atoms with Crippen LogP contribution < -0.4 is 11.1 Å². The molecule has 4 heterocycles. The van der Waals surface area contributed by atoms with Gasteiger partial charge in [0, 0.05) is 23.2 Å². The van der Waals surface area contributed by atoms with Gasteiger partial charge in [0.2, 0.25) is 5.91 Å². The number of carbonyl (C=O) groups excluding carboxylic acids is 2. The summed E-state index contributed by atoms with van der Waals surface area (Å²) in [5, 5.41) is 9.14. The lowest BCUT2D eigenvalue weighted by atomic mass is 10.0. The second-order valence-electron chi connectivity index (χ2n) is 8.50. The average Bonchev–Trinajstić information content (AvgIpc) is 3.55. The molecule has 0 saturated carbocycles. The number of fused-ring (bicyclic) bond motifs is 1. The number of hydrogen-bond donors (Lipinski definition) is 2. The minimum atomic E-state index is -3.35. The van der Waals surface area contributed by atoms with E-state index in [2.05, 4.69) is 20.5 Å². The minimum Gasteiger partial charge on any atom is -0.365 e. The van der Waals surface area contributed by atoms with Gasteiger partial charge in [0.05, 0.1) is 16.9 Å². The van der Waals surface area contributed by atoms with Gasteiger partial charge in [-0.15, -0.1) is 11.3 Å². The van der Waals surface area contributed by atoms with Crippen molar-refractivity contribution in [1.29, 1.82) is 0 Å². The molecule has 40 heavy (non-hydrogen) atoms. The largest absolute Gasteiger partial charge is 0.365 e. The Bertz CT molecular complexity index is 1620. The summed E-state index contributed by atoms with van der Waals surface area (Å²) >= 11 is 6.34. The fraction of sp³-hybridized carbons (Fsp3) is 0.348. The van der Waals surface area contributed by atoms with Crippen LogP contribution in [0.25, 0.3) is 21.3 Å². The van der Waals surface area contributed by atoms with Crippen molar-refractivity contribution in [3.63, 3.8) is 0 Å². The fourth-order valence-corrected chi connectivity index (χ4v) is 5.48. The standard InChI is InChI=1S/C23H20ClF6N7O2S/c1-4-36-7(2)10(6-32-36)9-5-11(18(25)26)33-23-12(9)14(17(40-23)21(31)38)34-22(39)8(3)37-16(20(29)30)13(24)15(35-37)19(27)28/h5-6,8,18-20H,4H2,1-3H3,(H2,31,38)(H,34,39). The number of rotatable bonds is 9. The van der Waals surface area contributed by atoms with Gasteiger partial charge in [-0.3, -0.25) is 14.3 Å². The maximum absolute atomic E-state index is 13.8. The van der Waals surface area contributed by atoms with Gasteiger partial charge in [-0.05, 0) is 32.4 Å². The van der Waals surface area contributed by atoms with E-state index in [0.29, 0.717) is 33.8 Å². The number of pyridine rings is 1. The zero-order chi connectivity index (χ0) is 29.6. The van der Waals surface area contributed by atoms with Crippen LogP contribution in [0.3, 0.4) is 0 Å². The van der Waals surface area contributed by atoms with Crippen LogP contribution in [0.4, 0.5) is 32.0 Å². The van der Waals surface area contributed by atoms with Crippen molar-refractivity contribution in [3.8, 4) is 11.1 Å². The van der Waals surface area contributed by atoms with Crippen LogP contribution in [-0.4, -0.2) is 36.4 Å². The third kappa shape index (κ3) is 5.00. The SMILES string of the molecule is CCn1ncc(-c2cc(C(F)F)nc3sc(C(N)=O)c(NC(=O)C(C)n4nc(C(F)F)c(Cl)c4C(F)F)c23)c1C. The molecule has 1 unspecified atom stereocenters. The van der Waals surface area contributed by atoms with E-state index >= 15 is 0 Å². The third-order valence-corrected chi connectivity index (χ3v) is 7.63. The Morgan fingerprint density at radius 3 is 2.33 bits per heavy atom. The van der Waals surface area contributed by atoms with Crippen molar-refractivity contribution in [3.05, 3.63) is 44.9 Å². The van der Waals surface area contributed by atoms with Gasteiger partial charge in [0.15, 0.2) is 0 Å². The van der Waals surface area contributed by atoms with Crippen LogP contribution >= 0.6 is 22.9 Å². The lowest BCUT2D eigenvalue weighted by Crippen LogP contribution is -2.27. The maximum Gasteiger partial charge on any atom is 0.283 e. The molecule has 0 aliphatic carbocycles. The summed E-state index contributed by atoms with van der Waals surface area (Å²) in [4.78, 5) is 29.2. The molecule has 0 fully saturated rings. The monoisotopic (exact) mass is 607 g/mol. The number of aromatic nitrogens is 5. The molecule has 4 aromatic rings. The zero-order valence-electron chi connectivity index (χ0n) is 20.9. The number of nitrogens with two attached hydrogens (primary N) is 1. The van der Waals surface area contributed by atoms with E-state index in [4.69, 9.17) is 17.3 Å². The number of hydrogen-bond acceptors (Lipinski definition) is 6. The summed E-state index contributed by atoms with van der Waals surface area (Å²) in [5.74, 6) is -2.10. The van der Waals surface area contributed by atoms with Crippen LogP contribution in [0.5, 0.6) is 0 Å². The molecular weight excluding hydrogens is 588 g/mol. The molecular formula is C23H20ClF6N7O2S. The Labute approximate surface area is 230 Å². The fourth-order valence-electron chi connectivity index (χ4n) is 4.18. The molecule has 17 heteroatoms. The lowest BCUT2D eigenvalue weighted by molar-refractivity contribution is -0.119. The molecule has 9 nitrogen and oxygen atoms in total. The number of primary amides is 1. The summed E-state index contributed by atoms with van der Waals surface area (Å²) < 4.78 is 83.5. The number of aryl methyl sites for hydroxylation is 1. The number of alkyl halides is 6. The second kappa shape index (κ2) is 11.1. The van der Waals surface area contributed by atoms with Gasteiger partial charge in [0.25, 0.3) is 25.2 Å². The first-order valence-corrected chi connectivity index (χ1v) is 12.7. The smallest absolute Gasteiger partial charge is 0.283 e. The quantitative estimate of drug-likeness (QED) is 0.212. The van der Waals surface area contributed by atoms with Gasteiger partial charge < -0.3 is 11.1 Å². The Morgan fingerprint density at radius 2 is 1.80 bits per heavy atom. The summed E-state index contributed by atoms with van der Waals surface area (Å²) in [6.07, 6.45) is -8.21. The lowest BCUT2D eigenvalue weighted by Gasteiger charge is -2.16. The molecule has 4 aromatic heterocycles. The Balaban J connectivity index is 1.90. The van der Waals surface area contributed by atoms with Crippen LogP contribution in [0, 0.1) is 6.92 Å². The minimum absolute atomic E-state index is 0.0661. The van der Waals surface area contributed by atoms with E-state index in [1.807, 2.05) is 6.92 Å². The number of thiophene rings is 1. The predicted molar refractivity (Wildman–Crippen MR) is 135 cm³/mol. The molecule has 0 bridgehead atoms. The highest BCUT2D eigenvalue weighted by atomic mass is 35.5. The summed E-state index contributed by atoms with van der Waals surface area (Å²) in [6.45, 7) is 5.06. The van der Waals surface area contributed by atoms with Gasteiger partial charge in [-0.1, -0.05) is 11.6 Å². The molecule has 2 amide bonds. The first-order chi connectivity index (χ1) is 18.8. The van der Waals surface area contributed by atoms with E-state index in [1.54, 1.807) is 11.6 Å². The molecule has 0 aromatic carbocycles. The predicted octanol–water partition coefficient (Wildman–Crippen LogP) is 6.45. The van der Waals surface area contributed by atoms with Crippen molar-refractivity contribution in [2.24, 2.45) is 5.73 Å². The number of nitrogens with one attached hydrogen (secondary N) is 1.